The van der Waals surface area contributed by atoms with E-state index in [0.717, 1.165) is 17.7 Å². The Morgan fingerprint density at radius 1 is 0.923 bits per heavy atom. The maximum atomic E-state index is 11.4. The Bertz CT molecular complexity index is 820. The van der Waals surface area contributed by atoms with Crippen LogP contribution in [0, 0.1) is 30.3 Å². The fraction of sp³-hybridized carbons (Fsp3) is 0.250. The van der Waals surface area contributed by atoms with Crippen LogP contribution in [0.3, 0.4) is 0 Å². The van der Waals surface area contributed by atoms with Crippen LogP contribution < -0.4 is 4.90 Å². The van der Waals surface area contributed by atoms with Crippen molar-refractivity contribution in [3.63, 3.8) is 0 Å². The number of nitrogens with zero attached hydrogens (tertiary/aromatic N) is 4. The second kappa shape index (κ2) is 7.55. The molecular weight excluding hydrogens is 344 g/mol. The smallest absolute Gasteiger partial charge is 0.306 e. The van der Waals surface area contributed by atoms with Crippen molar-refractivity contribution in [2.24, 2.45) is 0 Å². The number of anilines is 1. The van der Waals surface area contributed by atoms with Crippen LogP contribution in [0.2, 0.25) is 0 Å². The number of rotatable bonds is 7. The van der Waals surface area contributed by atoms with E-state index >= 15 is 0 Å². The number of nitro groups is 3. The molecular formula is C16H16N4O6. The van der Waals surface area contributed by atoms with Crippen LogP contribution in [-0.2, 0) is 6.42 Å². The van der Waals surface area contributed by atoms with Gasteiger partial charge in [0, 0.05) is 13.1 Å². The molecule has 26 heavy (non-hydrogen) atoms. The molecule has 0 aliphatic carbocycles. The normalized spacial score (nSPS) is 11.6. The van der Waals surface area contributed by atoms with Gasteiger partial charge in [-0.1, -0.05) is 30.3 Å². The van der Waals surface area contributed by atoms with E-state index in [1.807, 2.05) is 30.3 Å². The number of hydrogen-bond donors (Lipinski definition) is 0. The summed E-state index contributed by atoms with van der Waals surface area (Å²) in [6.45, 7) is 1.77. The summed E-state index contributed by atoms with van der Waals surface area (Å²) in [6, 6.07) is 10.5. The molecule has 0 amide bonds. The van der Waals surface area contributed by atoms with Crippen LogP contribution in [0.5, 0.6) is 0 Å². The molecule has 10 heteroatoms. The highest BCUT2D eigenvalue weighted by molar-refractivity contribution is 5.78. The van der Waals surface area contributed by atoms with Crippen molar-refractivity contribution in [3.05, 3.63) is 78.4 Å². The molecule has 1 atom stereocenters. The molecule has 2 aromatic rings. The predicted octanol–water partition coefficient (Wildman–Crippen LogP) is 3.48. The summed E-state index contributed by atoms with van der Waals surface area (Å²) < 4.78 is 0. The maximum absolute atomic E-state index is 11.4. The van der Waals surface area contributed by atoms with Gasteiger partial charge < -0.3 is 4.90 Å². The molecule has 0 aromatic heterocycles. The zero-order valence-electron chi connectivity index (χ0n) is 14.1. The number of hydrogen-bond acceptors (Lipinski definition) is 7. The van der Waals surface area contributed by atoms with E-state index in [0.29, 0.717) is 6.42 Å². The standard InChI is InChI=1S/C16H16N4O6/c1-11(8-12-6-4-3-5-7-12)17(2)16-14(19(23)24)9-13(18(21)22)10-15(16)20(25)26/h3-7,9-11H,8H2,1-2H3/t11-/m0/s1. The van der Waals surface area contributed by atoms with Crippen molar-refractivity contribution in [2.45, 2.75) is 19.4 Å². The van der Waals surface area contributed by atoms with Gasteiger partial charge in [-0.05, 0) is 18.9 Å². The Balaban J connectivity index is 2.53. The van der Waals surface area contributed by atoms with Crippen LogP contribution in [0.4, 0.5) is 22.7 Å². The van der Waals surface area contributed by atoms with Crippen molar-refractivity contribution in [1.82, 2.24) is 0 Å². The molecule has 0 N–H and O–H groups in total. The van der Waals surface area contributed by atoms with Gasteiger partial charge in [-0.15, -0.1) is 0 Å². The first-order valence-electron chi connectivity index (χ1n) is 7.60. The topological polar surface area (TPSA) is 133 Å². The van der Waals surface area contributed by atoms with Gasteiger partial charge in [0.1, 0.15) is 0 Å². The number of likely N-dealkylation sites (N-methyl/N-ethyl adjacent to an activating group) is 1. The molecule has 0 heterocycles. The van der Waals surface area contributed by atoms with Crippen LogP contribution >= 0.6 is 0 Å². The summed E-state index contributed by atoms with van der Waals surface area (Å²) in [5, 5.41) is 33.7. The van der Waals surface area contributed by atoms with Gasteiger partial charge in [-0.25, -0.2) is 0 Å². The number of nitro benzene ring substituents is 3. The summed E-state index contributed by atoms with van der Waals surface area (Å²) >= 11 is 0. The van der Waals surface area contributed by atoms with Crippen molar-refractivity contribution in [2.75, 3.05) is 11.9 Å². The number of non-ortho nitro benzene ring substituents is 1. The molecule has 0 spiro atoms. The zero-order chi connectivity index (χ0) is 19.4. The third-order valence-corrected chi connectivity index (χ3v) is 4.05. The highest BCUT2D eigenvalue weighted by Crippen LogP contribution is 2.41. The van der Waals surface area contributed by atoms with E-state index in [1.54, 1.807) is 6.92 Å². The molecule has 0 aliphatic rings. The largest absolute Gasteiger partial charge is 0.360 e. The lowest BCUT2D eigenvalue weighted by atomic mass is 10.0. The molecule has 2 rings (SSSR count). The van der Waals surface area contributed by atoms with Gasteiger partial charge in [0.25, 0.3) is 5.69 Å². The second-order valence-electron chi connectivity index (χ2n) is 5.75. The monoisotopic (exact) mass is 360 g/mol. The molecule has 10 nitrogen and oxygen atoms in total. The fourth-order valence-electron chi connectivity index (χ4n) is 2.65. The Morgan fingerprint density at radius 3 is 1.85 bits per heavy atom. The third kappa shape index (κ3) is 3.91. The molecule has 0 bridgehead atoms. The van der Waals surface area contributed by atoms with E-state index in [4.69, 9.17) is 0 Å². The van der Waals surface area contributed by atoms with Gasteiger partial charge in [-0.2, -0.15) is 0 Å². The highest BCUT2D eigenvalue weighted by Gasteiger charge is 2.34. The minimum atomic E-state index is -0.892. The van der Waals surface area contributed by atoms with Gasteiger partial charge in [0.15, 0.2) is 5.69 Å². The Kier molecular flexibility index (Phi) is 5.45. The van der Waals surface area contributed by atoms with Crippen molar-refractivity contribution in [3.8, 4) is 0 Å². The zero-order valence-corrected chi connectivity index (χ0v) is 14.1. The van der Waals surface area contributed by atoms with Crippen LogP contribution in [0.1, 0.15) is 12.5 Å². The lowest BCUT2D eigenvalue weighted by molar-refractivity contribution is -0.402. The minimum absolute atomic E-state index is 0.256. The van der Waals surface area contributed by atoms with Crippen molar-refractivity contribution < 1.29 is 14.8 Å². The quantitative estimate of drug-likeness (QED) is 0.545. The van der Waals surface area contributed by atoms with Crippen molar-refractivity contribution in [1.29, 1.82) is 0 Å². The average molecular weight is 360 g/mol. The van der Waals surface area contributed by atoms with Gasteiger partial charge >= 0.3 is 11.4 Å². The lowest BCUT2D eigenvalue weighted by Crippen LogP contribution is -2.31. The summed E-state index contributed by atoms with van der Waals surface area (Å²) in [6.07, 6.45) is 0.489. The van der Waals surface area contributed by atoms with Gasteiger partial charge in [0.05, 0.1) is 26.9 Å². The maximum Gasteiger partial charge on any atom is 0.306 e. The van der Waals surface area contributed by atoms with E-state index in [9.17, 15) is 30.3 Å². The SMILES string of the molecule is C[C@@H](Cc1ccccc1)N(C)c1c([N+](=O)[O-])cc([N+](=O)[O-])cc1[N+](=O)[O-]. The molecule has 0 saturated heterocycles. The molecule has 2 aromatic carbocycles. The number of benzene rings is 2. The molecule has 0 saturated carbocycles. The molecule has 0 fully saturated rings. The third-order valence-electron chi connectivity index (χ3n) is 4.05. The van der Waals surface area contributed by atoms with E-state index < -0.39 is 31.8 Å². The first-order valence-corrected chi connectivity index (χ1v) is 7.60. The van der Waals surface area contributed by atoms with Crippen LogP contribution in [0.25, 0.3) is 0 Å². The minimum Gasteiger partial charge on any atom is -0.360 e. The van der Waals surface area contributed by atoms with E-state index in [-0.39, 0.29) is 11.7 Å². The van der Waals surface area contributed by atoms with E-state index in [1.165, 1.54) is 11.9 Å². The van der Waals surface area contributed by atoms with Crippen LogP contribution in [-0.4, -0.2) is 27.9 Å². The summed E-state index contributed by atoms with van der Waals surface area (Å²) in [5.74, 6) is 0. The lowest BCUT2D eigenvalue weighted by Gasteiger charge is -2.26. The molecule has 0 aliphatic heterocycles. The Hall–Kier alpha value is -3.56. The summed E-state index contributed by atoms with van der Waals surface area (Å²) in [4.78, 5) is 32.6. The second-order valence-corrected chi connectivity index (χ2v) is 5.75. The van der Waals surface area contributed by atoms with Crippen molar-refractivity contribution >= 4 is 22.7 Å². The Labute approximate surface area is 148 Å². The fourth-order valence-corrected chi connectivity index (χ4v) is 2.65. The molecule has 136 valence electrons. The first kappa shape index (κ1) is 18.8. The molecule has 0 unspecified atom stereocenters. The first-order chi connectivity index (χ1) is 12.2. The molecule has 0 radical (unpaired) electrons. The van der Waals surface area contributed by atoms with Gasteiger partial charge in [-0.3, -0.25) is 30.3 Å². The Morgan fingerprint density at radius 2 is 1.42 bits per heavy atom. The van der Waals surface area contributed by atoms with E-state index in [2.05, 4.69) is 0 Å². The summed E-state index contributed by atoms with van der Waals surface area (Å²) in [7, 11) is 1.49. The highest BCUT2D eigenvalue weighted by atomic mass is 16.6. The van der Waals surface area contributed by atoms with Gasteiger partial charge in [0.2, 0.25) is 0 Å². The summed E-state index contributed by atoms with van der Waals surface area (Å²) in [5.41, 5.74) is -1.34. The van der Waals surface area contributed by atoms with Crippen LogP contribution in [0.15, 0.2) is 42.5 Å². The average Bonchev–Trinajstić information content (AvgIpc) is 2.60. The predicted molar refractivity (Wildman–Crippen MR) is 94.4 cm³/mol.